The number of rotatable bonds is 8. The van der Waals surface area contributed by atoms with Gasteiger partial charge < -0.3 is 14.4 Å². The standard InChI is InChI=1S/C18H19F2INO2.Y/c1-13-16(21)8-9-17(22(13)12-18(19)20)14-4-6-15(7-5-14)24-11-3-10-23-2;/h4-8,18H,1,3,10-12H2,2H3;/q-1;. The van der Waals surface area contributed by atoms with Gasteiger partial charge in [0.15, 0.2) is 0 Å². The zero-order chi connectivity index (χ0) is 17.5. The molecule has 0 unspecified atom stereocenters. The summed E-state index contributed by atoms with van der Waals surface area (Å²) in [6, 6.07) is 7.32. The molecule has 2 rings (SSSR count). The predicted molar refractivity (Wildman–Crippen MR) is 99.0 cm³/mol. The molecule has 0 saturated carbocycles. The average Bonchev–Trinajstić information content (AvgIpc) is 2.56. The molecule has 1 aliphatic rings. The number of alkyl halides is 2. The van der Waals surface area contributed by atoms with E-state index in [1.54, 1.807) is 13.2 Å². The summed E-state index contributed by atoms with van der Waals surface area (Å²) in [4.78, 5) is 1.50. The molecule has 1 heterocycles. The minimum Gasteiger partial charge on any atom is -0.494 e. The zero-order valence-electron chi connectivity index (χ0n) is 14.0. The fourth-order valence-corrected chi connectivity index (χ4v) is 2.68. The molecule has 3 nitrogen and oxygen atoms in total. The van der Waals surface area contributed by atoms with Gasteiger partial charge in [0, 0.05) is 52.8 Å². The average molecular weight is 535 g/mol. The van der Waals surface area contributed by atoms with E-state index in [9.17, 15) is 8.78 Å². The molecule has 1 aromatic rings. The van der Waals surface area contributed by atoms with Crippen molar-refractivity contribution in [1.29, 1.82) is 0 Å². The van der Waals surface area contributed by atoms with Gasteiger partial charge in [0.05, 0.1) is 13.2 Å². The van der Waals surface area contributed by atoms with Crippen LogP contribution in [-0.2, 0) is 37.4 Å². The Balaban J connectivity index is 0.00000312. The monoisotopic (exact) mass is 535 g/mol. The van der Waals surface area contributed by atoms with Crippen LogP contribution in [0.5, 0.6) is 5.75 Å². The zero-order valence-corrected chi connectivity index (χ0v) is 19.0. The smallest absolute Gasteiger partial charge is 0.256 e. The fourth-order valence-electron chi connectivity index (χ4n) is 2.24. The quantitative estimate of drug-likeness (QED) is 0.275. The van der Waals surface area contributed by atoms with Crippen molar-refractivity contribution in [3.63, 3.8) is 0 Å². The summed E-state index contributed by atoms with van der Waals surface area (Å²) in [6.45, 7) is 4.71. The number of halogens is 3. The Morgan fingerprint density at radius 3 is 2.52 bits per heavy atom. The van der Waals surface area contributed by atoms with Crippen LogP contribution in [0.3, 0.4) is 0 Å². The number of benzene rings is 1. The third-order valence-corrected chi connectivity index (χ3v) is 4.35. The van der Waals surface area contributed by atoms with E-state index in [0.29, 0.717) is 24.6 Å². The molecule has 1 radical (unpaired) electrons. The largest absolute Gasteiger partial charge is 0.494 e. The molecular formula is C18H19F2INO2Y-. The molecule has 1 aliphatic heterocycles. The molecule has 0 bridgehead atoms. The molecule has 25 heavy (non-hydrogen) atoms. The Morgan fingerprint density at radius 2 is 1.92 bits per heavy atom. The van der Waals surface area contributed by atoms with Gasteiger partial charge in [-0.05, 0) is 17.8 Å². The van der Waals surface area contributed by atoms with Crippen molar-refractivity contribution in [2.24, 2.45) is 0 Å². The number of allylic oxidation sites excluding steroid dienone is 3. The Morgan fingerprint density at radius 1 is 1.24 bits per heavy atom. The second kappa shape index (κ2) is 11.4. The Kier molecular flexibility index (Phi) is 10.4. The first kappa shape index (κ1) is 22.7. The molecule has 0 aromatic heterocycles. The van der Waals surface area contributed by atoms with Crippen molar-refractivity contribution in [2.45, 2.75) is 12.8 Å². The van der Waals surface area contributed by atoms with Gasteiger partial charge in [-0.3, -0.25) is 0 Å². The summed E-state index contributed by atoms with van der Waals surface area (Å²) in [5.74, 6) is 0.732. The molecule has 0 amide bonds. The molecular weight excluding hydrogens is 516 g/mol. The molecule has 133 valence electrons. The SMILES string of the molecule is C=C1C(I)=C[C-]=C(c2ccc(OCCCOC)cc2)N1CC(F)F.[Y]. The Hall–Kier alpha value is -0.306. The van der Waals surface area contributed by atoms with Crippen LogP contribution in [-0.4, -0.2) is 38.2 Å². The van der Waals surface area contributed by atoms with E-state index in [1.165, 1.54) is 4.90 Å². The van der Waals surface area contributed by atoms with Gasteiger partial charge in [0.1, 0.15) is 5.75 Å². The van der Waals surface area contributed by atoms with Crippen LogP contribution in [0.1, 0.15) is 12.0 Å². The molecule has 0 fully saturated rings. The van der Waals surface area contributed by atoms with Crippen molar-refractivity contribution in [3.8, 4) is 5.75 Å². The van der Waals surface area contributed by atoms with Crippen LogP contribution in [0.4, 0.5) is 8.78 Å². The summed E-state index contributed by atoms with van der Waals surface area (Å²) >= 11 is 2.07. The van der Waals surface area contributed by atoms with Gasteiger partial charge in [0.25, 0.3) is 6.43 Å². The van der Waals surface area contributed by atoms with Crippen LogP contribution in [0.15, 0.2) is 46.2 Å². The molecule has 0 spiro atoms. The first-order valence-electron chi connectivity index (χ1n) is 7.49. The van der Waals surface area contributed by atoms with E-state index in [2.05, 4.69) is 35.2 Å². The van der Waals surface area contributed by atoms with Gasteiger partial charge >= 0.3 is 0 Å². The molecule has 1 aromatic carbocycles. The third kappa shape index (κ3) is 6.73. The first-order chi connectivity index (χ1) is 11.5. The van der Waals surface area contributed by atoms with E-state index < -0.39 is 13.0 Å². The van der Waals surface area contributed by atoms with Crippen LogP contribution in [0, 0.1) is 6.08 Å². The second-order valence-corrected chi connectivity index (χ2v) is 6.31. The van der Waals surface area contributed by atoms with Gasteiger partial charge in [0.2, 0.25) is 0 Å². The molecule has 0 saturated heterocycles. The van der Waals surface area contributed by atoms with Crippen LogP contribution < -0.4 is 4.74 Å². The van der Waals surface area contributed by atoms with Crippen LogP contribution >= 0.6 is 22.6 Å². The fraction of sp³-hybridized carbons (Fsp3) is 0.333. The summed E-state index contributed by atoms with van der Waals surface area (Å²) in [5, 5.41) is 0. The minimum atomic E-state index is -2.45. The van der Waals surface area contributed by atoms with Crippen molar-refractivity contribution < 1.29 is 51.0 Å². The van der Waals surface area contributed by atoms with Crippen molar-refractivity contribution in [1.82, 2.24) is 4.90 Å². The summed E-state index contributed by atoms with van der Waals surface area (Å²) in [6.07, 6.45) is 3.18. The molecule has 0 N–H and O–H groups in total. The van der Waals surface area contributed by atoms with Crippen LogP contribution in [0.2, 0.25) is 0 Å². The van der Waals surface area contributed by atoms with Crippen molar-refractivity contribution in [2.75, 3.05) is 26.9 Å². The minimum absolute atomic E-state index is 0. The van der Waals surface area contributed by atoms with Crippen LogP contribution in [0.25, 0.3) is 5.70 Å². The number of hydrogen-bond donors (Lipinski definition) is 0. The topological polar surface area (TPSA) is 21.7 Å². The maximum atomic E-state index is 12.9. The normalized spacial score (nSPS) is 14.1. The van der Waals surface area contributed by atoms with E-state index >= 15 is 0 Å². The predicted octanol–water partition coefficient (Wildman–Crippen LogP) is 4.66. The number of hydrogen-bond acceptors (Lipinski definition) is 3. The summed E-state index contributed by atoms with van der Waals surface area (Å²) in [5.41, 5.74) is 1.94. The number of nitrogens with zero attached hydrogens (tertiary/aromatic N) is 1. The van der Waals surface area contributed by atoms with Gasteiger partial charge in [-0.1, -0.05) is 21.4 Å². The molecule has 0 aliphatic carbocycles. The van der Waals surface area contributed by atoms with Gasteiger partial charge in [-0.25, -0.2) is 8.78 Å². The van der Waals surface area contributed by atoms with E-state index in [1.807, 2.05) is 24.3 Å². The molecule has 7 heteroatoms. The second-order valence-electron chi connectivity index (χ2n) is 5.15. The first-order valence-corrected chi connectivity index (χ1v) is 8.57. The maximum absolute atomic E-state index is 12.9. The summed E-state index contributed by atoms with van der Waals surface area (Å²) < 4.78 is 37.2. The maximum Gasteiger partial charge on any atom is 0.256 e. The van der Waals surface area contributed by atoms with Gasteiger partial charge in [-0.2, -0.15) is 12.2 Å². The van der Waals surface area contributed by atoms with Gasteiger partial charge in [-0.15, -0.1) is 34.7 Å². The van der Waals surface area contributed by atoms with E-state index in [-0.39, 0.29) is 32.7 Å². The van der Waals surface area contributed by atoms with Crippen molar-refractivity contribution in [3.05, 3.63) is 57.8 Å². The van der Waals surface area contributed by atoms with Crippen molar-refractivity contribution >= 4 is 28.3 Å². The Labute approximate surface area is 186 Å². The Bertz CT molecular complexity index is 632. The number of ether oxygens (including phenoxy) is 2. The van der Waals surface area contributed by atoms with E-state index in [4.69, 9.17) is 9.47 Å². The summed E-state index contributed by atoms with van der Waals surface area (Å²) in [7, 11) is 1.65. The number of methoxy groups -OCH3 is 1. The van der Waals surface area contributed by atoms with E-state index in [0.717, 1.165) is 21.3 Å². The third-order valence-electron chi connectivity index (χ3n) is 3.42. The molecule has 0 atom stereocenters.